The van der Waals surface area contributed by atoms with Crippen molar-refractivity contribution >= 4 is 5.82 Å². The average molecular weight is 273 g/mol. The van der Waals surface area contributed by atoms with Gasteiger partial charge in [-0.05, 0) is 13.0 Å². The Morgan fingerprint density at radius 3 is 2.84 bits per heavy atom. The Morgan fingerprint density at radius 2 is 2.42 bits per heavy atom. The highest BCUT2D eigenvalue weighted by atomic mass is 19.1. The number of rotatable bonds is 6. The minimum Gasteiger partial charge on any atom is -0.393 e. The van der Waals surface area contributed by atoms with Crippen LogP contribution >= 0.6 is 0 Å². The summed E-state index contributed by atoms with van der Waals surface area (Å²) in [6, 6.07) is 1.36. The van der Waals surface area contributed by atoms with Crippen LogP contribution in [0.2, 0.25) is 0 Å². The maximum atomic E-state index is 13.1. The molecule has 0 saturated heterocycles. The third kappa shape index (κ3) is 3.16. The van der Waals surface area contributed by atoms with Gasteiger partial charge >= 0.3 is 5.69 Å². The Morgan fingerprint density at radius 1 is 1.79 bits per heavy atom. The van der Waals surface area contributed by atoms with Gasteiger partial charge in [0.2, 0.25) is 6.36 Å². The first-order valence-electron chi connectivity index (χ1n) is 5.45. The summed E-state index contributed by atoms with van der Waals surface area (Å²) in [4.78, 5) is 15.0. The summed E-state index contributed by atoms with van der Waals surface area (Å²) in [5, 5.41) is 18.2. The molecule has 0 spiro atoms. The molecule has 0 unspecified atom stereocenters. The molecule has 0 aliphatic rings. The van der Waals surface area contributed by atoms with E-state index in [0.717, 1.165) is 10.6 Å². The number of nitrogen functional groups attached to an aromatic ring is 1. The zero-order valence-electron chi connectivity index (χ0n) is 10.4. The predicted octanol–water partition coefficient (Wildman–Crippen LogP) is -0.434. The molecule has 1 aromatic heterocycles. The fourth-order valence-corrected chi connectivity index (χ4v) is 1.46. The van der Waals surface area contributed by atoms with Gasteiger partial charge in [-0.2, -0.15) is 4.98 Å². The van der Waals surface area contributed by atoms with Gasteiger partial charge in [0, 0.05) is 6.20 Å². The number of hydrogen-bond donors (Lipinski definition) is 3. The molecule has 0 aromatic carbocycles. The van der Waals surface area contributed by atoms with Crippen LogP contribution in [-0.4, -0.2) is 38.3 Å². The fraction of sp³-hybridized carbons (Fsp3) is 0.455. The minimum absolute atomic E-state index is 0.0381. The van der Waals surface area contributed by atoms with Gasteiger partial charge in [0.1, 0.15) is 12.0 Å². The molecule has 1 heterocycles. The third-order valence-corrected chi connectivity index (χ3v) is 2.63. The number of anilines is 1. The fourth-order valence-electron chi connectivity index (χ4n) is 1.46. The van der Waals surface area contributed by atoms with Crippen LogP contribution in [0.3, 0.4) is 0 Å². The maximum absolute atomic E-state index is 13.1. The number of aliphatic hydroxyl groups excluding tert-OH is 2. The lowest BCUT2D eigenvalue weighted by molar-refractivity contribution is -0.201. The van der Waals surface area contributed by atoms with E-state index in [0.29, 0.717) is 0 Å². The molecule has 8 heteroatoms. The van der Waals surface area contributed by atoms with Gasteiger partial charge in [0.15, 0.2) is 5.60 Å². The second kappa shape index (κ2) is 5.91. The van der Waals surface area contributed by atoms with Crippen LogP contribution in [0, 0.1) is 0 Å². The number of nitrogens with two attached hydrogens (primary N) is 1. The van der Waals surface area contributed by atoms with E-state index in [1.807, 2.05) is 0 Å². The van der Waals surface area contributed by atoms with Gasteiger partial charge in [0.05, 0.1) is 6.61 Å². The summed E-state index contributed by atoms with van der Waals surface area (Å²) >= 11 is 0. The van der Waals surface area contributed by atoms with E-state index in [4.69, 9.17) is 20.7 Å². The molecule has 106 valence electrons. The zero-order valence-corrected chi connectivity index (χ0v) is 10.4. The molecule has 4 N–H and O–H groups in total. The third-order valence-electron chi connectivity index (χ3n) is 2.63. The topological polar surface area (TPSA) is 111 Å². The molecular weight excluding hydrogens is 257 g/mol. The Labute approximate surface area is 108 Å². The Bertz CT molecular complexity index is 505. The first kappa shape index (κ1) is 15.3. The molecule has 3 atom stereocenters. The molecule has 0 fully saturated rings. The molecule has 0 radical (unpaired) electrons. The van der Waals surface area contributed by atoms with Gasteiger partial charge in [-0.25, -0.2) is 9.18 Å². The van der Waals surface area contributed by atoms with E-state index >= 15 is 0 Å². The second-order valence-corrected chi connectivity index (χ2v) is 3.91. The largest absolute Gasteiger partial charge is 0.393 e. The summed E-state index contributed by atoms with van der Waals surface area (Å²) in [5.74, 6) is 0.0381. The lowest BCUT2D eigenvalue weighted by Gasteiger charge is -2.32. The lowest BCUT2D eigenvalue weighted by atomic mass is 10.1. The number of nitrogens with zero attached hydrogens (tertiary/aromatic N) is 2. The van der Waals surface area contributed by atoms with Gasteiger partial charge in [-0.3, -0.25) is 4.57 Å². The number of aromatic nitrogens is 2. The number of alkyl halides is 1. The van der Waals surface area contributed by atoms with Crippen molar-refractivity contribution in [3.63, 3.8) is 0 Å². The summed E-state index contributed by atoms with van der Waals surface area (Å²) < 4.78 is 19.4. The van der Waals surface area contributed by atoms with Crippen LogP contribution < -0.4 is 11.4 Å². The van der Waals surface area contributed by atoms with Crippen molar-refractivity contribution in [3.8, 4) is 0 Å². The molecule has 0 bridgehead atoms. The highest BCUT2D eigenvalue weighted by molar-refractivity contribution is 5.23. The molecule has 0 aliphatic heterocycles. The van der Waals surface area contributed by atoms with Gasteiger partial charge in [-0.15, -0.1) is 0 Å². The highest BCUT2D eigenvalue weighted by Crippen LogP contribution is 2.24. The first-order chi connectivity index (χ1) is 8.86. The lowest BCUT2D eigenvalue weighted by Crippen LogP contribution is -2.46. The Kier molecular flexibility index (Phi) is 4.76. The summed E-state index contributed by atoms with van der Waals surface area (Å²) in [6.45, 7) is 3.89. The molecule has 7 nitrogen and oxygen atoms in total. The summed E-state index contributed by atoms with van der Waals surface area (Å²) in [5.41, 5.74) is 2.62. The normalized spacial score (nSPS) is 17.5. The first-order valence-corrected chi connectivity index (χ1v) is 5.45. The van der Waals surface area contributed by atoms with Crippen molar-refractivity contribution in [2.24, 2.45) is 0 Å². The van der Waals surface area contributed by atoms with E-state index in [1.54, 1.807) is 0 Å². The van der Waals surface area contributed by atoms with E-state index < -0.39 is 30.5 Å². The second-order valence-electron chi connectivity index (χ2n) is 3.91. The van der Waals surface area contributed by atoms with Gasteiger partial charge in [0.25, 0.3) is 0 Å². The van der Waals surface area contributed by atoms with Crippen LogP contribution in [0.15, 0.2) is 29.7 Å². The maximum Gasteiger partial charge on any atom is 0.351 e. The average Bonchev–Trinajstić information content (AvgIpc) is 2.35. The van der Waals surface area contributed by atoms with Gasteiger partial charge < -0.3 is 20.7 Å². The van der Waals surface area contributed by atoms with Crippen molar-refractivity contribution in [1.29, 1.82) is 0 Å². The highest BCUT2D eigenvalue weighted by Gasteiger charge is 2.38. The van der Waals surface area contributed by atoms with Crippen molar-refractivity contribution in [3.05, 3.63) is 35.4 Å². The summed E-state index contributed by atoms with van der Waals surface area (Å²) in [6.07, 6.45) is -1.24. The van der Waals surface area contributed by atoms with Crippen LogP contribution in [0.4, 0.5) is 10.2 Å². The molecule has 0 amide bonds. The molecule has 1 aromatic rings. The Hall–Kier alpha value is -1.77. The molecule has 19 heavy (non-hydrogen) atoms. The number of ether oxygens (including phenoxy) is 1. The monoisotopic (exact) mass is 273 g/mol. The summed E-state index contributed by atoms with van der Waals surface area (Å²) in [7, 11) is 0. The number of aliphatic hydroxyl groups is 2. The Balaban J connectivity index is 3.03. The van der Waals surface area contributed by atoms with Crippen molar-refractivity contribution in [2.75, 3.05) is 12.3 Å². The number of halogens is 1. The van der Waals surface area contributed by atoms with Crippen molar-refractivity contribution in [2.45, 2.75) is 25.1 Å². The molecule has 0 aliphatic carbocycles. The molecule has 0 saturated carbocycles. The van der Waals surface area contributed by atoms with Crippen molar-refractivity contribution < 1.29 is 19.3 Å². The zero-order chi connectivity index (χ0) is 14.6. The molecule has 1 rings (SSSR count). The number of hydrogen-bond acceptors (Lipinski definition) is 6. The van der Waals surface area contributed by atoms with Crippen LogP contribution in [0.25, 0.3) is 0 Å². The van der Waals surface area contributed by atoms with Crippen LogP contribution in [0.5, 0.6) is 0 Å². The molecular formula is C11H16FN3O4. The van der Waals surface area contributed by atoms with Gasteiger partial charge in [-0.1, -0.05) is 12.7 Å². The van der Waals surface area contributed by atoms with E-state index in [9.17, 15) is 9.18 Å². The van der Waals surface area contributed by atoms with Crippen molar-refractivity contribution in [1.82, 2.24) is 9.55 Å². The van der Waals surface area contributed by atoms with E-state index in [2.05, 4.69) is 11.6 Å². The van der Waals surface area contributed by atoms with E-state index in [1.165, 1.54) is 19.2 Å². The standard InChI is InChI=1S/C11H16FN3O4/c1-3-11(6-16,9(12)17)19-7(2)15-5-4-8(13)14-10(15)18/h3-5,7,9,16-17H,1,6H2,2H3,(H2,13,14,18)/t7-,9-,11-/m1/s1. The SMILES string of the molecule is C=C[C@](CO)(O[C@H](C)n1ccc(N)nc1=O)[C@@H](O)F. The predicted molar refractivity (Wildman–Crippen MR) is 65.8 cm³/mol. The smallest absolute Gasteiger partial charge is 0.351 e. The van der Waals surface area contributed by atoms with E-state index in [-0.39, 0.29) is 5.82 Å². The van der Waals surface area contributed by atoms with Crippen LogP contribution in [0.1, 0.15) is 13.2 Å². The minimum atomic E-state index is -2.49. The quantitative estimate of drug-likeness (QED) is 0.606. The van der Waals surface area contributed by atoms with Crippen LogP contribution in [-0.2, 0) is 4.74 Å².